The van der Waals surface area contributed by atoms with E-state index >= 15 is 0 Å². The minimum Gasteiger partial charge on any atom is -0.242 e. The van der Waals surface area contributed by atoms with Gasteiger partial charge in [-0.1, -0.05) is 39.0 Å². The van der Waals surface area contributed by atoms with Gasteiger partial charge in [0.15, 0.2) is 0 Å². The maximum absolute atomic E-state index is 11.7. The molecular formula is C13H19NO2S. The summed E-state index contributed by atoms with van der Waals surface area (Å²) in [5.41, 5.74) is 1.59. The lowest BCUT2D eigenvalue weighted by atomic mass is 10.2. The van der Waals surface area contributed by atoms with E-state index in [9.17, 15) is 8.42 Å². The molecule has 0 saturated carbocycles. The number of benzene rings is 1. The molecule has 0 fully saturated rings. The van der Waals surface area contributed by atoms with Crippen molar-refractivity contribution >= 4 is 20.9 Å². The van der Waals surface area contributed by atoms with Gasteiger partial charge in [-0.05, 0) is 18.6 Å². The zero-order valence-corrected chi connectivity index (χ0v) is 11.6. The molecule has 0 N–H and O–H groups in total. The molecule has 0 unspecified atom stereocenters. The van der Waals surface area contributed by atoms with Crippen LogP contribution in [-0.2, 0) is 16.4 Å². The number of aromatic nitrogens is 1. The van der Waals surface area contributed by atoms with Crippen molar-refractivity contribution in [3.05, 3.63) is 36.0 Å². The highest BCUT2D eigenvalue weighted by molar-refractivity contribution is 7.89. The largest absolute Gasteiger partial charge is 0.242 e. The van der Waals surface area contributed by atoms with E-state index in [-0.39, 0.29) is 0 Å². The maximum Gasteiger partial charge on any atom is 0.236 e. The normalized spacial score (nSPS) is 11.1. The average Bonchev–Trinajstić information content (AvgIpc) is 2.69. The fourth-order valence-corrected chi connectivity index (χ4v) is 2.96. The van der Waals surface area contributed by atoms with Crippen LogP contribution in [0.2, 0.25) is 0 Å². The van der Waals surface area contributed by atoms with Gasteiger partial charge >= 0.3 is 0 Å². The molecule has 0 saturated heterocycles. The van der Waals surface area contributed by atoms with Crippen molar-refractivity contribution in [2.75, 3.05) is 6.26 Å². The molecule has 94 valence electrons. The van der Waals surface area contributed by atoms with E-state index < -0.39 is 10.0 Å². The Kier molecular flexibility index (Phi) is 4.34. The molecule has 2 rings (SSSR count). The number of nitrogens with zero attached hydrogens (tertiary/aromatic N) is 1. The Labute approximate surface area is 103 Å². The van der Waals surface area contributed by atoms with Crippen LogP contribution in [0.15, 0.2) is 30.3 Å². The maximum atomic E-state index is 11.7. The summed E-state index contributed by atoms with van der Waals surface area (Å²) in [5.74, 6) is 0. The third-order valence-electron chi connectivity index (χ3n) is 2.43. The summed E-state index contributed by atoms with van der Waals surface area (Å²) < 4.78 is 24.7. The molecule has 0 aliphatic rings. The SMILES string of the molecule is CC.CCc1cc2ccccc2n1S(C)(=O)=O. The highest BCUT2D eigenvalue weighted by Crippen LogP contribution is 2.21. The van der Waals surface area contributed by atoms with Crippen LogP contribution in [0.3, 0.4) is 0 Å². The summed E-state index contributed by atoms with van der Waals surface area (Å²) in [6.07, 6.45) is 1.94. The lowest BCUT2D eigenvalue weighted by Gasteiger charge is -2.05. The minimum atomic E-state index is -3.21. The first-order chi connectivity index (χ1) is 8.04. The predicted molar refractivity (Wildman–Crippen MR) is 72.9 cm³/mol. The van der Waals surface area contributed by atoms with Crippen molar-refractivity contribution in [3.63, 3.8) is 0 Å². The molecule has 0 aliphatic heterocycles. The Balaban J connectivity index is 0.000000686. The van der Waals surface area contributed by atoms with Crippen molar-refractivity contribution in [1.29, 1.82) is 0 Å². The molecule has 1 heterocycles. The summed E-state index contributed by atoms with van der Waals surface area (Å²) >= 11 is 0. The molecule has 17 heavy (non-hydrogen) atoms. The molecule has 0 atom stereocenters. The van der Waals surface area contributed by atoms with Gasteiger partial charge in [-0.25, -0.2) is 12.4 Å². The smallest absolute Gasteiger partial charge is 0.236 e. The zero-order valence-electron chi connectivity index (χ0n) is 10.8. The van der Waals surface area contributed by atoms with Crippen molar-refractivity contribution in [2.45, 2.75) is 27.2 Å². The van der Waals surface area contributed by atoms with E-state index in [4.69, 9.17) is 0 Å². The third-order valence-corrected chi connectivity index (χ3v) is 3.53. The predicted octanol–water partition coefficient (Wildman–Crippen LogP) is 3.04. The van der Waals surface area contributed by atoms with Gasteiger partial charge in [-0.15, -0.1) is 0 Å². The van der Waals surface area contributed by atoms with Crippen LogP contribution in [-0.4, -0.2) is 18.6 Å². The van der Waals surface area contributed by atoms with E-state index in [1.165, 1.54) is 10.2 Å². The summed E-state index contributed by atoms with van der Waals surface area (Å²) in [4.78, 5) is 0. The number of para-hydroxylation sites is 1. The monoisotopic (exact) mass is 253 g/mol. The molecule has 0 amide bonds. The molecule has 0 bridgehead atoms. The van der Waals surface area contributed by atoms with Crippen LogP contribution < -0.4 is 0 Å². The van der Waals surface area contributed by atoms with E-state index in [0.717, 1.165) is 16.6 Å². The van der Waals surface area contributed by atoms with E-state index in [1.54, 1.807) is 0 Å². The van der Waals surface area contributed by atoms with Gasteiger partial charge in [0.2, 0.25) is 10.0 Å². The molecule has 1 aromatic heterocycles. The number of rotatable bonds is 2. The Bertz CT molecular complexity index is 597. The van der Waals surface area contributed by atoms with E-state index in [2.05, 4.69) is 0 Å². The highest BCUT2D eigenvalue weighted by Gasteiger charge is 2.14. The van der Waals surface area contributed by atoms with Gasteiger partial charge in [0.05, 0.1) is 11.8 Å². The molecule has 0 radical (unpaired) electrons. The van der Waals surface area contributed by atoms with Crippen molar-refractivity contribution in [3.8, 4) is 0 Å². The van der Waals surface area contributed by atoms with Crippen molar-refractivity contribution in [2.24, 2.45) is 0 Å². The average molecular weight is 253 g/mol. The highest BCUT2D eigenvalue weighted by atomic mass is 32.2. The fraction of sp³-hybridized carbons (Fsp3) is 0.385. The lowest BCUT2D eigenvalue weighted by molar-refractivity contribution is 0.593. The summed E-state index contributed by atoms with van der Waals surface area (Å²) in [6.45, 7) is 5.95. The second-order valence-corrected chi connectivity index (χ2v) is 5.41. The van der Waals surface area contributed by atoms with Gasteiger partial charge < -0.3 is 0 Å². The Morgan fingerprint density at radius 2 is 1.76 bits per heavy atom. The van der Waals surface area contributed by atoms with Crippen LogP contribution in [0.4, 0.5) is 0 Å². The van der Waals surface area contributed by atoms with Gasteiger partial charge in [0.25, 0.3) is 0 Å². The van der Waals surface area contributed by atoms with Crippen LogP contribution in [0, 0.1) is 0 Å². The molecular weight excluding hydrogens is 234 g/mol. The lowest BCUT2D eigenvalue weighted by Crippen LogP contribution is -2.12. The third kappa shape index (κ3) is 2.69. The Morgan fingerprint density at radius 3 is 2.29 bits per heavy atom. The fourth-order valence-electron chi connectivity index (χ4n) is 1.82. The van der Waals surface area contributed by atoms with Crippen molar-refractivity contribution < 1.29 is 8.42 Å². The van der Waals surface area contributed by atoms with E-state index in [0.29, 0.717) is 6.42 Å². The molecule has 3 nitrogen and oxygen atoms in total. The minimum absolute atomic E-state index is 0.710. The number of hydrogen-bond donors (Lipinski definition) is 0. The molecule has 0 spiro atoms. The summed E-state index contributed by atoms with van der Waals surface area (Å²) in [7, 11) is -3.21. The van der Waals surface area contributed by atoms with Crippen LogP contribution in [0.1, 0.15) is 26.5 Å². The van der Waals surface area contributed by atoms with Crippen molar-refractivity contribution in [1.82, 2.24) is 3.97 Å². The van der Waals surface area contributed by atoms with E-state index in [1.807, 2.05) is 51.1 Å². The Morgan fingerprint density at radius 1 is 1.18 bits per heavy atom. The Hall–Kier alpha value is -1.29. The van der Waals surface area contributed by atoms with Crippen LogP contribution in [0.5, 0.6) is 0 Å². The van der Waals surface area contributed by atoms with Gasteiger partial charge in [-0.3, -0.25) is 0 Å². The molecule has 0 aliphatic carbocycles. The van der Waals surface area contributed by atoms with Crippen LogP contribution in [0.25, 0.3) is 10.9 Å². The first-order valence-corrected chi connectivity index (χ1v) is 7.69. The van der Waals surface area contributed by atoms with Gasteiger partial charge in [0, 0.05) is 11.1 Å². The van der Waals surface area contributed by atoms with Gasteiger partial charge in [-0.2, -0.15) is 0 Å². The quantitative estimate of drug-likeness (QED) is 0.825. The number of hydrogen-bond acceptors (Lipinski definition) is 2. The molecule has 2 aromatic rings. The first kappa shape index (κ1) is 13.8. The molecule has 1 aromatic carbocycles. The second-order valence-electron chi connectivity index (χ2n) is 3.58. The first-order valence-electron chi connectivity index (χ1n) is 5.84. The number of aryl methyl sites for hydroxylation is 1. The molecule has 4 heteroatoms. The topological polar surface area (TPSA) is 39.1 Å². The van der Waals surface area contributed by atoms with Gasteiger partial charge in [0.1, 0.15) is 0 Å². The number of fused-ring (bicyclic) bond motifs is 1. The standard InChI is InChI=1S/C11H13NO2S.C2H6/c1-3-10-8-9-6-4-5-7-11(9)12(10)15(2,13)14;1-2/h4-8H,3H2,1-2H3;1-2H3. The zero-order chi connectivity index (χ0) is 13.1. The van der Waals surface area contributed by atoms with Crippen LogP contribution >= 0.6 is 0 Å². The second kappa shape index (κ2) is 5.36. The summed E-state index contributed by atoms with van der Waals surface area (Å²) in [6, 6.07) is 9.44. The summed E-state index contributed by atoms with van der Waals surface area (Å²) in [5, 5.41) is 0.972.